The number of rotatable bonds is 6. The molecule has 1 saturated carbocycles. The molecule has 1 aromatic rings. The molecule has 22 heavy (non-hydrogen) atoms. The number of benzene rings is 1. The first-order valence-electron chi connectivity index (χ1n) is 7.48. The molecule has 1 aliphatic carbocycles. The highest BCUT2D eigenvalue weighted by Crippen LogP contribution is 2.58. The fourth-order valence-corrected chi connectivity index (χ4v) is 3.17. The fourth-order valence-electron chi connectivity index (χ4n) is 3.17. The van der Waals surface area contributed by atoms with E-state index in [4.69, 9.17) is 5.11 Å². The number of amides is 1. The molecule has 120 valence electrons. The Morgan fingerprint density at radius 2 is 1.82 bits per heavy atom. The number of hydrogen-bond donors (Lipinski definition) is 2. The summed E-state index contributed by atoms with van der Waals surface area (Å²) < 4.78 is 0. The van der Waals surface area contributed by atoms with Gasteiger partial charge in [-0.25, -0.2) is 0 Å². The molecule has 2 rings (SSSR count). The highest BCUT2D eigenvalue weighted by atomic mass is 16.4. The van der Waals surface area contributed by atoms with E-state index in [0.717, 1.165) is 5.56 Å². The first kappa shape index (κ1) is 16.5. The lowest BCUT2D eigenvalue weighted by Crippen LogP contribution is -2.36. The van der Waals surface area contributed by atoms with Crippen LogP contribution < -0.4 is 5.32 Å². The second-order valence-corrected chi connectivity index (χ2v) is 6.75. The van der Waals surface area contributed by atoms with Crippen LogP contribution in [0.15, 0.2) is 30.3 Å². The van der Waals surface area contributed by atoms with Gasteiger partial charge in [0.1, 0.15) is 0 Å². The minimum Gasteiger partial charge on any atom is -0.481 e. The van der Waals surface area contributed by atoms with Gasteiger partial charge in [0.2, 0.25) is 5.91 Å². The summed E-state index contributed by atoms with van der Waals surface area (Å²) in [6.07, 6.45) is 0. The van der Waals surface area contributed by atoms with E-state index in [2.05, 4.69) is 5.32 Å². The number of likely N-dealkylation sites (N-methyl/N-ethyl adjacent to an activating group) is 1. The summed E-state index contributed by atoms with van der Waals surface area (Å²) in [5.41, 5.74) is 0.661. The molecule has 0 heterocycles. The van der Waals surface area contributed by atoms with Crippen molar-refractivity contribution in [3.8, 4) is 0 Å². The number of carbonyl (C=O) groups excluding carboxylic acids is 1. The van der Waals surface area contributed by atoms with E-state index in [-0.39, 0.29) is 11.9 Å². The first-order valence-corrected chi connectivity index (χ1v) is 7.48. The summed E-state index contributed by atoms with van der Waals surface area (Å²) in [6, 6.07) is 10.0. The highest BCUT2D eigenvalue weighted by molar-refractivity contribution is 5.91. The van der Waals surface area contributed by atoms with Crippen LogP contribution in [0.1, 0.15) is 25.5 Å². The number of aliphatic carboxylic acids is 1. The van der Waals surface area contributed by atoms with Gasteiger partial charge in [0.15, 0.2) is 0 Å². The predicted octanol–water partition coefficient (Wildman–Crippen LogP) is 1.76. The quantitative estimate of drug-likeness (QED) is 0.840. The van der Waals surface area contributed by atoms with Crippen molar-refractivity contribution < 1.29 is 14.7 Å². The van der Waals surface area contributed by atoms with Crippen LogP contribution in [0.2, 0.25) is 0 Å². The van der Waals surface area contributed by atoms with E-state index in [9.17, 15) is 9.59 Å². The van der Waals surface area contributed by atoms with Gasteiger partial charge in [0, 0.05) is 6.54 Å². The first-order chi connectivity index (χ1) is 10.3. The smallest absolute Gasteiger partial charge is 0.307 e. The van der Waals surface area contributed by atoms with Crippen LogP contribution >= 0.6 is 0 Å². The van der Waals surface area contributed by atoms with Crippen LogP contribution in [0.4, 0.5) is 0 Å². The second kappa shape index (κ2) is 6.08. The lowest BCUT2D eigenvalue weighted by molar-refractivity contribution is -0.140. The van der Waals surface area contributed by atoms with Crippen molar-refractivity contribution in [1.82, 2.24) is 10.2 Å². The summed E-state index contributed by atoms with van der Waals surface area (Å²) >= 11 is 0. The molecular formula is C17H24N2O3. The normalized spacial score (nSPS) is 23.9. The largest absolute Gasteiger partial charge is 0.481 e. The van der Waals surface area contributed by atoms with Crippen molar-refractivity contribution in [3.63, 3.8) is 0 Å². The van der Waals surface area contributed by atoms with Crippen molar-refractivity contribution in [2.75, 3.05) is 20.6 Å². The number of carboxylic acids is 1. The van der Waals surface area contributed by atoms with Crippen LogP contribution in [0.3, 0.4) is 0 Å². The molecular weight excluding hydrogens is 280 g/mol. The van der Waals surface area contributed by atoms with Crippen molar-refractivity contribution >= 4 is 11.9 Å². The van der Waals surface area contributed by atoms with Crippen molar-refractivity contribution in [3.05, 3.63) is 35.9 Å². The molecule has 0 aromatic heterocycles. The van der Waals surface area contributed by atoms with Crippen LogP contribution in [0.25, 0.3) is 0 Å². The van der Waals surface area contributed by atoms with E-state index in [1.54, 1.807) is 0 Å². The predicted molar refractivity (Wildman–Crippen MR) is 84.3 cm³/mol. The molecule has 1 amide bonds. The Hall–Kier alpha value is -1.88. The Morgan fingerprint density at radius 3 is 2.27 bits per heavy atom. The maximum Gasteiger partial charge on any atom is 0.307 e. The molecule has 5 nitrogen and oxygen atoms in total. The van der Waals surface area contributed by atoms with Gasteiger partial charge in [-0.2, -0.15) is 0 Å². The van der Waals surface area contributed by atoms with Crippen LogP contribution in [0.5, 0.6) is 0 Å². The molecule has 1 aliphatic rings. The molecule has 0 radical (unpaired) electrons. The number of nitrogens with one attached hydrogen (secondary N) is 1. The van der Waals surface area contributed by atoms with E-state index < -0.39 is 23.2 Å². The Kier molecular flexibility index (Phi) is 4.56. The van der Waals surface area contributed by atoms with Crippen LogP contribution in [0, 0.1) is 17.3 Å². The Bertz CT molecular complexity index is 554. The molecule has 3 atom stereocenters. The van der Waals surface area contributed by atoms with E-state index in [0.29, 0.717) is 6.54 Å². The third-order valence-electron chi connectivity index (χ3n) is 4.65. The number of hydrogen-bond acceptors (Lipinski definition) is 3. The topological polar surface area (TPSA) is 69.6 Å². The molecule has 0 bridgehead atoms. The van der Waals surface area contributed by atoms with Gasteiger partial charge in [0.25, 0.3) is 0 Å². The summed E-state index contributed by atoms with van der Waals surface area (Å²) in [7, 11) is 3.93. The van der Waals surface area contributed by atoms with Gasteiger partial charge >= 0.3 is 5.97 Å². The van der Waals surface area contributed by atoms with E-state index >= 15 is 0 Å². The number of carboxylic acid groups (broad SMARTS) is 1. The SMILES string of the molecule is CN(C)[C@@H](CNC(=O)[C@@H]1[C@H](C(=O)O)C1(C)C)c1ccccc1. The average molecular weight is 304 g/mol. The maximum absolute atomic E-state index is 12.3. The maximum atomic E-state index is 12.3. The highest BCUT2D eigenvalue weighted by Gasteiger charge is 2.65. The number of nitrogens with zero attached hydrogens (tertiary/aromatic N) is 1. The molecule has 2 N–H and O–H groups in total. The molecule has 0 unspecified atom stereocenters. The van der Waals surface area contributed by atoms with Gasteiger partial charge in [-0.3, -0.25) is 9.59 Å². The average Bonchev–Trinajstić information content (AvgIpc) is 3.03. The van der Waals surface area contributed by atoms with Gasteiger partial charge in [0.05, 0.1) is 17.9 Å². The zero-order valence-electron chi connectivity index (χ0n) is 13.5. The standard InChI is InChI=1S/C17H24N2O3/c1-17(2)13(14(17)16(21)22)15(20)18-10-12(19(3)4)11-8-6-5-7-9-11/h5-9,12-14H,10H2,1-4H3,(H,18,20)(H,21,22)/t12-,13-,14+/m0/s1. The van der Waals surface area contributed by atoms with Crippen LogP contribution in [-0.2, 0) is 9.59 Å². The molecule has 0 aliphatic heterocycles. The molecule has 0 spiro atoms. The molecule has 1 aromatic carbocycles. The molecule has 1 fully saturated rings. The summed E-state index contributed by atoms with van der Waals surface area (Å²) in [4.78, 5) is 25.5. The number of carbonyl (C=O) groups is 2. The summed E-state index contributed by atoms with van der Waals surface area (Å²) in [5.74, 6) is -2.08. The minimum absolute atomic E-state index is 0.0651. The molecule has 0 saturated heterocycles. The zero-order chi connectivity index (χ0) is 16.5. The van der Waals surface area contributed by atoms with Crippen molar-refractivity contribution in [2.24, 2.45) is 17.3 Å². The van der Waals surface area contributed by atoms with E-state index in [1.165, 1.54) is 0 Å². The molecule has 5 heteroatoms. The Labute approximate surface area is 131 Å². The van der Waals surface area contributed by atoms with Gasteiger partial charge < -0.3 is 15.3 Å². The van der Waals surface area contributed by atoms with Gasteiger partial charge in [-0.1, -0.05) is 44.2 Å². The minimum atomic E-state index is -0.891. The second-order valence-electron chi connectivity index (χ2n) is 6.75. The van der Waals surface area contributed by atoms with Crippen LogP contribution in [-0.4, -0.2) is 42.5 Å². The lowest BCUT2D eigenvalue weighted by atomic mass is 10.1. The Morgan fingerprint density at radius 1 is 1.23 bits per heavy atom. The van der Waals surface area contributed by atoms with Gasteiger partial charge in [-0.15, -0.1) is 0 Å². The van der Waals surface area contributed by atoms with Gasteiger partial charge in [-0.05, 0) is 25.1 Å². The van der Waals surface area contributed by atoms with Crippen molar-refractivity contribution in [2.45, 2.75) is 19.9 Å². The third-order valence-corrected chi connectivity index (χ3v) is 4.65. The summed E-state index contributed by atoms with van der Waals surface area (Å²) in [6.45, 7) is 4.13. The lowest BCUT2D eigenvalue weighted by Gasteiger charge is -2.25. The van der Waals surface area contributed by atoms with E-state index in [1.807, 2.05) is 63.2 Å². The third kappa shape index (κ3) is 3.14. The summed E-state index contributed by atoms with van der Waals surface area (Å²) in [5, 5.41) is 12.1. The monoisotopic (exact) mass is 304 g/mol. The Balaban J connectivity index is 1.99. The van der Waals surface area contributed by atoms with Crippen molar-refractivity contribution in [1.29, 1.82) is 0 Å². The fraction of sp³-hybridized carbons (Fsp3) is 0.529. The zero-order valence-corrected chi connectivity index (χ0v) is 13.5.